The summed E-state index contributed by atoms with van der Waals surface area (Å²) >= 11 is 0. The maximum absolute atomic E-state index is 12.3. The number of aliphatic carboxylic acids is 1. The monoisotopic (exact) mass is 455 g/mol. The summed E-state index contributed by atoms with van der Waals surface area (Å²) in [4.78, 5) is 33.6. The fourth-order valence-corrected chi connectivity index (χ4v) is 3.59. The molecular formula is C18H33NO10S. The molecule has 0 aliphatic heterocycles. The van der Waals surface area contributed by atoms with Crippen molar-refractivity contribution in [3.05, 3.63) is 0 Å². The number of nitrogens with one attached hydrogen (secondary N) is 1. The Hall–Kier alpha value is -1.92. The molecule has 0 fully saturated rings. The second kappa shape index (κ2) is 12.7. The van der Waals surface area contributed by atoms with Crippen LogP contribution < -0.4 is 5.32 Å². The van der Waals surface area contributed by atoms with Crippen molar-refractivity contribution in [1.29, 1.82) is 0 Å². The Morgan fingerprint density at radius 1 is 1.13 bits per heavy atom. The van der Waals surface area contributed by atoms with Gasteiger partial charge in [-0.3, -0.25) is 8.98 Å². The fraction of sp³-hybridized carbons (Fsp3) is 0.833. The Kier molecular flexibility index (Phi) is 11.9. The van der Waals surface area contributed by atoms with E-state index in [1.165, 1.54) is 20.8 Å². The summed E-state index contributed by atoms with van der Waals surface area (Å²) in [5.74, 6) is -2.19. The number of hydrogen-bond acceptors (Lipinski definition) is 9. The van der Waals surface area contributed by atoms with Crippen molar-refractivity contribution >= 4 is 28.1 Å². The highest BCUT2D eigenvalue weighted by Crippen LogP contribution is 2.32. The Balaban J connectivity index is 5.10. The molecule has 0 aromatic heterocycles. The third kappa shape index (κ3) is 11.3. The highest BCUT2D eigenvalue weighted by atomic mass is 32.2. The van der Waals surface area contributed by atoms with Crippen LogP contribution in [-0.2, 0) is 33.4 Å². The molecule has 0 rings (SSSR count). The zero-order valence-corrected chi connectivity index (χ0v) is 18.9. The molecular weight excluding hydrogens is 422 g/mol. The maximum Gasteiger partial charge on any atom is 0.508 e. The van der Waals surface area contributed by atoms with Gasteiger partial charge in [0.25, 0.3) is 10.1 Å². The molecule has 0 aromatic rings. The van der Waals surface area contributed by atoms with Crippen LogP contribution in [0.1, 0.15) is 47.5 Å². The molecule has 11 nitrogen and oxygen atoms in total. The van der Waals surface area contributed by atoms with Crippen LogP contribution in [0.15, 0.2) is 0 Å². The van der Waals surface area contributed by atoms with Crippen LogP contribution in [0.2, 0.25) is 0 Å². The predicted octanol–water partition coefficient (Wildman–Crippen LogP) is 0.899. The summed E-state index contributed by atoms with van der Waals surface area (Å²) < 4.78 is 39.5. The van der Waals surface area contributed by atoms with Crippen LogP contribution in [0.5, 0.6) is 0 Å². The number of amides is 1. The summed E-state index contributed by atoms with van der Waals surface area (Å²) in [6.07, 6.45) is -4.29. The van der Waals surface area contributed by atoms with E-state index in [4.69, 9.17) is 18.8 Å². The summed E-state index contributed by atoms with van der Waals surface area (Å²) in [7, 11) is -4.12. The Morgan fingerprint density at radius 3 is 2.23 bits per heavy atom. The number of aliphatic hydroxyl groups excluding tert-OH is 1. The summed E-state index contributed by atoms with van der Waals surface area (Å²) in [6, 6.07) is 0. The average Bonchev–Trinajstić information content (AvgIpc) is 2.61. The van der Waals surface area contributed by atoms with Crippen molar-refractivity contribution in [2.24, 2.45) is 11.3 Å². The zero-order valence-electron chi connectivity index (χ0n) is 18.0. The van der Waals surface area contributed by atoms with Gasteiger partial charge in [-0.2, -0.15) is 8.42 Å². The van der Waals surface area contributed by atoms with Crippen LogP contribution in [0.4, 0.5) is 4.79 Å². The lowest BCUT2D eigenvalue weighted by Gasteiger charge is -2.35. The molecule has 0 aromatic carbocycles. The van der Waals surface area contributed by atoms with Crippen molar-refractivity contribution in [3.8, 4) is 0 Å². The van der Waals surface area contributed by atoms with Crippen molar-refractivity contribution in [2.45, 2.75) is 59.7 Å². The lowest BCUT2D eigenvalue weighted by Crippen LogP contribution is -2.47. The van der Waals surface area contributed by atoms with Gasteiger partial charge >= 0.3 is 12.1 Å². The number of ether oxygens (including phenoxy) is 2. The van der Waals surface area contributed by atoms with E-state index in [9.17, 15) is 27.9 Å². The third-order valence-electron chi connectivity index (χ3n) is 4.11. The number of hydrogen-bond donors (Lipinski definition) is 3. The fourth-order valence-electron chi connectivity index (χ4n) is 2.30. The normalized spacial score (nSPS) is 14.1. The van der Waals surface area contributed by atoms with Gasteiger partial charge in [-0.05, 0) is 12.3 Å². The second-order valence-corrected chi connectivity index (χ2v) is 9.55. The van der Waals surface area contributed by atoms with Gasteiger partial charge < -0.3 is 25.0 Å². The number of carboxylic acids is 1. The van der Waals surface area contributed by atoms with Crippen LogP contribution in [0.3, 0.4) is 0 Å². The molecule has 0 saturated heterocycles. The largest absolute Gasteiger partial charge is 0.508 e. The molecule has 0 saturated carbocycles. The number of carbonyl (C=O) groups excluding carboxylic acids is 2. The van der Waals surface area contributed by atoms with E-state index in [-0.39, 0.29) is 44.4 Å². The molecule has 12 heteroatoms. The maximum atomic E-state index is 12.3. The summed E-state index contributed by atoms with van der Waals surface area (Å²) in [5.41, 5.74) is -1.53. The van der Waals surface area contributed by atoms with Crippen LogP contribution >= 0.6 is 0 Å². The Bertz CT molecular complexity index is 674. The van der Waals surface area contributed by atoms with E-state index in [1.54, 1.807) is 0 Å². The van der Waals surface area contributed by atoms with Gasteiger partial charge in [0.2, 0.25) is 5.91 Å². The molecule has 0 bridgehead atoms. The number of carboxylic acid groups (broad SMARTS) is 1. The molecule has 0 heterocycles. The van der Waals surface area contributed by atoms with Gasteiger partial charge in [0.05, 0.1) is 25.1 Å². The molecule has 0 aliphatic carbocycles. The van der Waals surface area contributed by atoms with E-state index in [1.807, 2.05) is 13.8 Å². The van der Waals surface area contributed by atoms with Gasteiger partial charge in [-0.15, -0.1) is 0 Å². The van der Waals surface area contributed by atoms with Crippen molar-refractivity contribution in [1.82, 2.24) is 5.32 Å². The highest BCUT2D eigenvalue weighted by molar-refractivity contribution is 7.86. The molecule has 176 valence electrons. The average molecular weight is 456 g/mol. The van der Waals surface area contributed by atoms with E-state index in [2.05, 4.69) is 5.32 Å². The van der Waals surface area contributed by atoms with E-state index >= 15 is 0 Å². The van der Waals surface area contributed by atoms with Crippen molar-refractivity contribution < 1.29 is 46.7 Å². The number of aliphatic hydroxyl groups is 1. The van der Waals surface area contributed by atoms with Gasteiger partial charge in [0.1, 0.15) is 0 Å². The molecule has 3 N–H and O–H groups in total. The predicted molar refractivity (Wildman–Crippen MR) is 106 cm³/mol. The Labute approximate surface area is 177 Å². The molecule has 1 unspecified atom stereocenters. The summed E-state index contributed by atoms with van der Waals surface area (Å²) in [5, 5.41) is 21.6. The van der Waals surface area contributed by atoms with Gasteiger partial charge in [-0.25, -0.2) is 9.59 Å². The zero-order chi connectivity index (χ0) is 23.5. The molecule has 1 amide bonds. The molecule has 2 atom stereocenters. The first kappa shape index (κ1) is 28.1. The lowest BCUT2D eigenvalue weighted by atomic mass is 9.79. The molecule has 30 heavy (non-hydrogen) atoms. The molecule has 0 radical (unpaired) electrons. The van der Waals surface area contributed by atoms with Gasteiger partial charge in [-0.1, -0.05) is 27.7 Å². The summed E-state index contributed by atoms with van der Waals surface area (Å²) in [6.45, 7) is 7.59. The minimum absolute atomic E-state index is 0.0780. The van der Waals surface area contributed by atoms with Gasteiger partial charge in [0.15, 0.2) is 6.10 Å². The Morgan fingerprint density at radius 2 is 1.73 bits per heavy atom. The van der Waals surface area contributed by atoms with Crippen molar-refractivity contribution in [2.75, 3.05) is 25.5 Å². The molecule has 0 spiro atoms. The van der Waals surface area contributed by atoms with Crippen molar-refractivity contribution in [3.63, 3.8) is 0 Å². The molecule has 0 aliphatic rings. The minimum atomic E-state index is -4.12. The van der Waals surface area contributed by atoms with E-state index in [0.717, 1.165) is 0 Å². The van der Waals surface area contributed by atoms with Crippen LogP contribution in [0, 0.1) is 11.3 Å². The smallest absolute Gasteiger partial charge is 0.479 e. The third-order valence-corrected chi connectivity index (χ3v) is 5.42. The lowest BCUT2D eigenvalue weighted by molar-refractivity contribution is -0.158. The van der Waals surface area contributed by atoms with Crippen LogP contribution in [-0.4, -0.2) is 74.4 Å². The SMILES string of the molecule is CC(=O)NCCCS(=O)(=O)OC(CCOC(=O)OCC(C)C)C(C)(C)[C@@H](O)C(=O)O. The number of carbonyl (C=O) groups is 3. The number of rotatable bonds is 14. The second-order valence-electron chi connectivity index (χ2n) is 7.84. The van der Waals surface area contributed by atoms with E-state index < -0.39 is 45.6 Å². The minimum Gasteiger partial charge on any atom is -0.479 e. The first-order valence-corrected chi connectivity index (χ1v) is 11.1. The standard InChI is InChI=1S/C18H33NO10S/c1-12(2)11-28-17(24)27-9-7-14(18(4,5)15(21)16(22)23)29-30(25,26)10-6-8-19-13(3)20/h12,14-15,21H,6-11H2,1-5H3,(H,19,20)(H,22,23)/t14?,15-/m0/s1. The first-order chi connectivity index (χ1) is 13.7. The first-order valence-electron chi connectivity index (χ1n) is 9.54. The topological polar surface area (TPSA) is 166 Å². The van der Waals surface area contributed by atoms with E-state index in [0.29, 0.717) is 0 Å². The van der Waals surface area contributed by atoms with Crippen LogP contribution in [0.25, 0.3) is 0 Å². The highest BCUT2D eigenvalue weighted by Gasteiger charge is 2.43. The quantitative estimate of drug-likeness (QED) is 0.194. The van der Waals surface area contributed by atoms with Gasteiger partial charge in [0, 0.05) is 25.3 Å².